The molecular formula is C18H26N2O3. The van der Waals surface area contributed by atoms with Gasteiger partial charge in [0.2, 0.25) is 5.91 Å². The normalized spacial score (nSPS) is 18.9. The number of para-hydroxylation sites is 1. The van der Waals surface area contributed by atoms with E-state index in [0.717, 1.165) is 45.1 Å². The second-order valence-corrected chi connectivity index (χ2v) is 6.34. The highest BCUT2D eigenvalue weighted by atomic mass is 16.5. The zero-order valence-electron chi connectivity index (χ0n) is 13.7. The van der Waals surface area contributed by atoms with E-state index in [-0.39, 0.29) is 12.5 Å². The summed E-state index contributed by atoms with van der Waals surface area (Å²) < 4.78 is 11.2. The van der Waals surface area contributed by atoms with Gasteiger partial charge in [-0.3, -0.25) is 9.69 Å². The maximum Gasteiger partial charge on any atom is 0.248 e. The fourth-order valence-electron chi connectivity index (χ4n) is 2.72. The molecular weight excluding hydrogens is 292 g/mol. The van der Waals surface area contributed by atoms with E-state index in [0.29, 0.717) is 12.5 Å². The molecule has 5 heteroatoms. The average molecular weight is 318 g/mol. The van der Waals surface area contributed by atoms with Crippen molar-refractivity contribution in [2.45, 2.75) is 12.8 Å². The first kappa shape index (κ1) is 16.3. The summed E-state index contributed by atoms with van der Waals surface area (Å²) in [7, 11) is 0. The molecule has 2 aliphatic rings. The Hall–Kier alpha value is -1.59. The van der Waals surface area contributed by atoms with Gasteiger partial charge in [-0.05, 0) is 30.9 Å². The molecule has 0 spiro atoms. The van der Waals surface area contributed by atoms with E-state index >= 15 is 0 Å². The number of benzene rings is 1. The average Bonchev–Trinajstić information content (AvgIpc) is 3.41. The minimum absolute atomic E-state index is 0.130. The van der Waals surface area contributed by atoms with Crippen LogP contribution in [0.3, 0.4) is 0 Å². The van der Waals surface area contributed by atoms with Gasteiger partial charge in [0.1, 0.15) is 19.0 Å². The second-order valence-electron chi connectivity index (χ2n) is 6.34. The standard InChI is InChI=1S/C18H26N2O3/c21-18(15-22-14-16-6-7-16)20-10-8-19(9-11-20)12-13-23-17-4-2-1-3-5-17/h1-5,16H,6-15H2. The Morgan fingerprint density at radius 1 is 1.09 bits per heavy atom. The van der Waals surface area contributed by atoms with Crippen LogP contribution in [0.15, 0.2) is 30.3 Å². The fraction of sp³-hybridized carbons (Fsp3) is 0.611. The van der Waals surface area contributed by atoms with Gasteiger partial charge < -0.3 is 14.4 Å². The van der Waals surface area contributed by atoms with E-state index < -0.39 is 0 Å². The Morgan fingerprint density at radius 2 is 1.83 bits per heavy atom. The van der Waals surface area contributed by atoms with Crippen molar-refractivity contribution >= 4 is 5.91 Å². The number of hydrogen-bond acceptors (Lipinski definition) is 4. The topological polar surface area (TPSA) is 42.0 Å². The molecule has 126 valence electrons. The maximum absolute atomic E-state index is 12.1. The van der Waals surface area contributed by atoms with Crippen LogP contribution in [0.4, 0.5) is 0 Å². The molecule has 1 aromatic carbocycles. The van der Waals surface area contributed by atoms with Crippen LogP contribution in [0.2, 0.25) is 0 Å². The van der Waals surface area contributed by atoms with Crippen molar-refractivity contribution in [3.05, 3.63) is 30.3 Å². The van der Waals surface area contributed by atoms with Crippen molar-refractivity contribution in [3.8, 4) is 5.75 Å². The van der Waals surface area contributed by atoms with Gasteiger partial charge in [0.15, 0.2) is 0 Å². The first-order valence-electron chi connectivity index (χ1n) is 8.57. The number of nitrogens with zero attached hydrogens (tertiary/aromatic N) is 2. The molecule has 1 saturated carbocycles. The van der Waals surface area contributed by atoms with Crippen LogP contribution >= 0.6 is 0 Å². The van der Waals surface area contributed by atoms with E-state index in [4.69, 9.17) is 9.47 Å². The largest absolute Gasteiger partial charge is 0.492 e. The molecule has 0 radical (unpaired) electrons. The van der Waals surface area contributed by atoms with Crippen LogP contribution in [0.5, 0.6) is 5.75 Å². The molecule has 3 rings (SSSR count). The van der Waals surface area contributed by atoms with Crippen LogP contribution in [-0.4, -0.2) is 68.3 Å². The Balaban J connectivity index is 1.28. The van der Waals surface area contributed by atoms with Crippen LogP contribution in [0.25, 0.3) is 0 Å². The maximum atomic E-state index is 12.1. The van der Waals surface area contributed by atoms with Gasteiger partial charge in [-0.1, -0.05) is 18.2 Å². The first-order chi connectivity index (χ1) is 11.3. The summed E-state index contributed by atoms with van der Waals surface area (Å²) in [6, 6.07) is 9.88. The van der Waals surface area contributed by atoms with Crippen LogP contribution in [0, 0.1) is 5.92 Å². The molecule has 5 nitrogen and oxygen atoms in total. The summed E-state index contributed by atoms with van der Waals surface area (Å²) in [5, 5.41) is 0. The molecule has 1 heterocycles. The molecule has 0 bridgehead atoms. The Morgan fingerprint density at radius 3 is 2.52 bits per heavy atom. The van der Waals surface area contributed by atoms with Crippen molar-refractivity contribution < 1.29 is 14.3 Å². The summed E-state index contributed by atoms with van der Waals surface area (Å²) in [6.45, 7) is 5.97. The van der Waals surface area contributed by atoms with E-state index in [1.165, 1.54) is 12.8 Å². The van der Waals surface area contributed by atoms with E-state index in [9.17, 15) is 4.79 Å². The van der Waals surface area contributed by atoms with Crippen molar-refractivity contribution in [2.24, 2.45) is 5.92 Å². The molecule has 23 heavy (non-hydrogen) atoms. The smallest absolute Gasteiger partial charge is 0.248 e. The lowest BCUT2D eigenvalue weighted by Gasteiger charge is -2.34. The highest BCUT2D eigenvalue weighted by Gasteiger charge is 2.24. The number of hydrogen-bond donors (Lipinski definition) is 0. The predicted octanol–water partition coefficient (Wildman–Crippen LogP) is 1.64. The SMILES string of the molecule is O=C(COCC1CC1)N1CCN(CCOc2ccccc2)CC1. The number of ether oxygens (including phenoxy) is 2. The summed E-state index contributed by atoms with van der Waals surface area (Å²) in [5.41, 5.74) is 0. The molecule has 1 saturated heterocycles. The van der Waals surface area contributed by atoms with Crippen molar-refractivity contribution in [1.29, 1.82) is 0 Å². The Kier molecular flexibility index (Phi) is 5.88. The molecule has 0 aromatic heterocycles. The molecule has 0 atom stereocenters. The van der Waals surface area contributed by atoms with E-state index in [1.807, 2.05) is 35.2 Å². The molecule has 1 aliphatic heterocycles. The van der Waals surface area contributed by atoms with Crippen molar-refractivity contribution in [2.75, 3.05) is 52.5 Å². The third-order valence-electron chi connectivity index (χ3n) is 4.42. The highest BCUT2D eigenvalue weighted by Crippen LogP contribution is 2.28. The number of amides is 1. The molecule has 1 aliphatic carbocycles. The van der Waals surface area contributed by atoms with Gasteiger partial charge in [0, 0.05) is 32.7 Å². The summed E-state index contributed by atoms with van der Waals surface area (Å²) in [4.78, 5) is 16.3. The van der Waals surface area contributed by atoms with Gasteiger partial charge in [-0.25, -0.2) is 0 Å². The van der Waals surface area contributed by atoms with Gasteiger partial charge >= 0.3 is 0 Å². The zero-order chi connectivity index (χ0) is 15.9. The van der Waals surface area contributed by atoms with Crippen LogP contribution < -0.4 is 4.74 Å². The number of carbonyl (C=O) groups is 1. The summed E-state index contributed by atoms with van der Waals surface area (Å²) in [6.07, 6.45) is 2.52. The van der Waals surface area contributed by atoms with Crippen LogP contribution in [-0.2, 0) is 9.53 Å². The summed E-state index contributed by atoms with van der Waals surface area (Å²) in [5.74, 6) is 1.75. The Bertz CT molecular complexity index is 482. The minimum Gasteiger partial charge on any atom is -0.492 e. The monoisotopic (exact) mass is 318 g/mol. The lowest BCUT2D eigenvalue weighted by molar-refractivity contribution is -0.138. The number of piperazine rings is 1. The number of carbonyl (C=O) groups excluding carboxylic acids is 1. The van der Waals surface area contributed by atoms with E-state index in [2.05, 4.69) is 4.90 Å². The number of rotatable bonds is 8. The quantitative estimate of drug-likeness (QED) is 0.731. The van der Waals surface area contributed by atoms with E-state index in [1.54, 1.807) is 0 Å². The summed E-state index contributed by atoms with van der Waals surface area (Å²) >= 11 is 0. The second kappa shape index (κ2) is 8.31. The van der Waals surface area contributed by atoms with Gasteiger partial charge in [-0.15, -0.1) is 0 Å². The lowest BCUT2D eigenvalue weighted by atomic mass is 10.3. The van der Waals surface area contributed by atoms with Gasteiger partial charge in [0.05, 0.1) is 6.61 Å². The van der Waals surface area contributed by atoms with Gasteiger partial charge in [-0.2, -0.15) is 0 Å². The van der Waals surface area contributed by atoms with Crippen molar-refractivity contribution in [3.63, 3.8) is 0 Å². The molecule has 1 aromatic rings. The third-order valence-corrected chi connectivity index (χ3v) is 4.42. The van der Waals surface area contributed by atoms with Crippen molar-refractivity contribution in [1.82, 2.24) is 9.80 Å². The zero-order valence-corrected chi connectivity index (χ0v) is 13.7. The molecule has 0 unspecified atom stereocenters. The molecule has 0 N–H and O–H groups in total. The molecule has 2 fully saturated rings. The van der Waals surface area contributed by atoms with Gasteiger partial charge in [0.25, 0.3) is 0 Å². The third kappa shape index (κ3) is 5.52. The Labute approximate surface area is 138 Å². The fourth-order valence-corrected chi connectivity index (χ4v) is 2.72. The highest BCUT2D eigenvalue weighted by molar-refractivity contribution is 5.77. The van der Waals surface area contributed by atoms with Crippen LogP contribution in [0.1, 0.15) is 12.8 Å². The lowest BCUT2D eigenvalue weighted by Crippen LogP contribution is -2.50. The molecule has 1 amide bonds. The first-order valence-corrected chi connectivity index (χ1v) is 8.57. The minimum atomic E-state index is 0.130. The predicted molar refractivity (Wildman–Crippen MR) is 88.5 cm³/mol.